The lowest BCUT2D eigenvalue weighted by Gasteiger charge is -2.26. The Bertz CT molecular complexity index is 1070. The standard InChI is InChI=1S/C19H20N6O2.C5H11N.C2H6/c20-18-17-16(22-11-23-18)14(19(21)26)9-15(24-17)13-3-1-12(2-4-13)10-25-5-7-27-8-6-25;1-2-4-6-5-3-1;1-2/h1-4,9,11H,5-8,10H2,(H2,21,26)(H2,20,22,23);6H,1-5H2;1-2H3. The van der Waals surface area contributed by atoms with Gasteiger partial charge in [-0.2, -0.15) is 0 Å². The zero-order valence-electron chi connectivity index (χ0n) is 20.8. The van der Waals surface area contributed by atoms with E-state index < -0.39 is 5.91 Å². The lowest BCUT2D eigenvalue weighted by atomic mass is 10.0. The molecule has 1 amide bonds. The van der Waals surface area contributed by atoms with Crippen LogP contribution in [0.3, 0.4) is 0 Å². The second-order valence-electron chi connectivity index (χ2n) is 8.27. The number of nitrogens with one attached hydrogen (secondary N) is 1. The minimum atomic E-state index is -0.578. The topological polar surface area (TPSA) is 132 Å². The first kappa shape index (κ1) is 26.5. The molecule has 9 heteroatoms. The van der Waals surface area contributed by atoms with E-state index in [1.54, 1.807) is 6.07 Å². The smallest absolute Gasteiger partial charge is 0.251 e. The van der Waals surface area contributed by atoms with Gasteiger partial charge in [-0.25, -0.2) is 15.0 Å². The van der Waals surface area contributed by atoms with E-state index in [1.807, 2.05) is 26.0 Å². The number of carbonyl (C=O) groups excluding carboxylic acids is 1. The van der Waals surface area contributed by atoms with E-state index in [1.165, 1.54) is 44.2 Å². The van der Waals surface area contributed by atoms with E-state index in [0.717, 1.165) is 38.4 Å². The molecule has 0 unspecified atom stereocenters. The van der Waals surface area contributed by atoms with E-state index in [9.17, 15) is 4.79 Å². The van der Waals surface area contributed by atoms with Gasteiger partial charge in [-0.3, -0.25) is 9.69 Å². The average Bonchev–Trinajstić information content (AvgIpc) is 2.92. The molecule has 2 saturated heterocycles. The summed E-state index contributed by atoms with van der Waals surface area (Å²) in [5.74, 6) is -0.362. The summed E-state index contributed by atoms with van der Waals surface area (Å²) >= 11 is 0. The van der Waals surface area contributed by atoms with Crippen molar-refractivity contribution in [1.29, 1.82) is 0 Å². The van der Waals surface area contributed by atoms with Crippen LogP contribution in [0.4, 0.5) is 5.82 Å². The van der Waals surface area contributed by atoms with E-state index in [2.05, 4.69) is 37.3 Å². The van der Waals surface area contributed by atoms with Crippen molar-refractivity contribution in [3.8, 4) is 11.3 Å². The molecule has 2 aromatic heterocycles. The molecule has 0 bridgehead atoms. The van der Waals surface area contributed by atoms with Crippen LogP contribution in [0, 0.1) is 0 Å². The van der Waals surface area contributed by atoms with Gasteiger partial charge < -0.3 is 21.5 Å². The number of rotatable bonds is 4. The van der Waals surface area contributed by atoms with Crippen LogP contribution in [0.1, 0.15) is 49.0 Å². The van der Waals surface area contributed by atoms with E-state index in [0.29, 0.717) is 16.7 Å². The molecule has 3 aromatic rings. The number of aromatic nitrogens is 3. The third-order valence-corrected chi connectivity index (χ3v) is 5.85. The van der Waals surface area contributed by atoms with Crippen molar-refractivity contribution in [2.75, 3.05) is 45.1 Å². The van der Waals surface area contributed by atoms with Crippen LogP contribution < -0.4 is 16.8 Å². The molecule has 0 radical (unpaired) electrons. The van der Waals surface area contributed by atoms with Gasteiger partial charge in [0.2, 0.25) is 0 Å². The van der Waals surface area contributed by atoms with Gasteiger partial charge in [0.05, 0.1) is 24.5 Å². The number of nitrogens with zero attached hydrogens (tertiary/aromatic N) is 4. The minimum absolute atomic E-state index is 0.216. The van der Waals surface area contributed by atoms with E-state index in [4.69, 9.17) is 16.2 Å². The molecule has 2 aliphatic rings. The Labute approximate surface area is 207 Å². The Morgan fingerprint density at radius 3 is 2.29 bits per heavy atom. The number of hydrogen-bond acceptors (Lipinski definition) is 8. The predicted octanol–water partition coefficient (Wildman–Crippen LogP) is 2.99. The van der Waals surface area contributed by atoms with Gasteiger partial charge in [0.1, 0.15) is 17.4 Å². The normalized spacial score (nSPS) is 15.9. The summed E-state index contributed by atoms with van der Waals surface area (Å²) in [5, 5.41) is 3.28. The number of pyridine rings is 1. The molecule has 188 valence electrons. The zero-order chi connectivity index (χ0) is 25.0. The monoisotopic (exact) mass is 479 g/mol. The van der Waals surface area contributed by atoms with Crippen molar-refractivity contribution in [3.05, 3.63) is 47.8 Å². The lowest BCUT2D eigenvalue weighted by Crippen LogP contribution is -2.35. The Morgan fingerprint density at radius 2 is 1.71 bits per heavy atom. The second kappa shape index (κ2) is 13.7. The summed E-state index contributed by atoms with van der Waals surface area (Å²) in [6.45, 7) is 10.8. The van der Waals surface area contributed by atoms with Gasteiger partial charge in [0.25, 0.3) is 5.91 Å². The van der Waals surface area contributed by atoms with Crippen molar-refractivity contribution >= 4 is 22.8 Å². The number of ether oxygens (including phenoxy) is 1. The number of anilines is 1. The Morgan fingerprint density at radius 1 is 1.03 bits per heavy atom. The summed E-state index contributed by atoms with van der Waals surface area (Å²) in [6, 6.07) is 9.73. The molecule has 5 N–H and O–H groups in total. The summed E-state index contributed by atoms with van der Waals surface area (Å²) < 4.78 is 5.38. The molecule has 2 fully saturated rings. The van der Waals surface area contributed by atoms with Crippen molar-refractivity contribution in [3.63, 3.8) is 0 Å². The summed E-state index contributed by atoms with van der Waals surface area (Å²) in [6.07, 6.45) is 5.51. The van der Waals surface area contributed by atoms with E-state index in [-0.39, 0.29) is 11.4 Å². The number of nitrogens with two attached hydrogens (primary N) is 2. The van der Waals surface area contributed by atoms with Crippen molar-refractivity contribution in [2.45, 2.75) is 39.7 Å². The van der Waals surface area contributed by atoms with Gasteiger partial charge in [-0.1, -0.05) is 44.5 Å². The molecular formula is C26H37N7O2. The van der Waals surface area contributed by atoms with Crippen LogP contribution >= 0.6 is 0 Å². The van der Waals surface area contributed by atoms with Gasteiger partial charge in [-0.15, -0.1) is 0 Å². The molecule has 0 atom stereocenters. The summed E-state index contributed by atoms with van der Waals surface area (Å²) in [4.78, 5) is 26.8. The number of amides is 1. The Kier molecular flexibility index (Phi) is 10.3. The molecule has 4 heterocycles. The van der Waals surface area contributed by atoms with Crippen LogP contribution in [-0.4, -0.2) is 65.2 Å². The van der Waals surface area contributed by atoms with Crippen molar-refractivity contribution in [2.24, 2.45) is 5.73 Å². The Balaban J connectivity index is 0.000000369. The second-order valence-corrected chi connectivity index (χ2v) is 8.27. The molecule has 9 nitrogen and oxygen atoms in total. The first-order valence-corrected chi connectivity index (χ1v) is 12.4. The minimum Gasteiger partial charge on any atom is -0.382 e. The average molecular weight is 480 g/mol. The first-order valence-electron chi connectivity index (χ1n) is 12.4. The van der Waals surface area contributed by atoms with Gasteiger partial charge >= 0.3 is 0 Å². The summed E-state index contributed by atoms with van der Waals surface area (Å²) in [5.41, 5.74) is 15.1. The maximum atomic E-state index is 11.9. The van der Waals surface area contributed by atoms with Gasteiger partial charge in [-0.05, 0) is 37.6 Å². The molecule has 0 spiro atoms. The molecule has 5 rings (SSSR count). The number of morpholine rings is 1. The predicted molar refractivity (Wildman–Crippen MR) is 140 cm³/mol. The molecule has 1 aromatic carbocycles. The molecule has 2 aliphatic heterocycles. The maximum absolute atomic E-state index is 11.9. The largest absolute Gasteiger partial charge is 0.382 e. The number of nitrogen functional groups attached to an aromatic ring is 1. The molecule has 35 heavy (non-hydrogen) atoms. The molecular weight excluding hydrogens is 442 g/mol. The SMILES string of the molecule is C1CCNCC1.CC.NC(=O)c1cc(-c2ccc(CN3CCOCC3)cc2)nc2c(N)ncnc12. The highest BCUT2D eigenvalue weighted by atomic mass is 16.5. The third kappa shape index (κ3) is 7.42. The number of primary amides is 1. The molecule has 0 saturated carbocycles. The fraction of sp³-hybridized carbons (Fsp3) is 0.462. The third-order valence-electron chi connectivity index (χ3n) is 5.85. The number of benzene rings is 1. The van der Waals surface area contributed by atoms with Crippen LogP contribution in [-0.2, 0) is 11.3 Å². The number of carbonyl (C=O) groups is 1. The van der Waals surface area contributed by atoms with Crippen LogP contribution in [0.5, 0.6) is 0 Å². The fourth-order valence-corrected chi connectivity index (χ4v) is 3.99. The van der Waals surface area contributed by atoms with Crippen LogP contribution in [0.15, 0.2) is 36.7 Å². The highest BCUT2D eigenvalue weighted by Crippen LogP contribution is 2.26. The zero-order valence-corrected chi connectivity index (χ0v) is 20.8. The number of fused-ring (bicyclic) bond motifs is 1. The number of piperidine rings is 1. The lowest BCUT2D eigenvalue weighted by molar-refractivity contribution is 0.0342. The van der Waals surface area contributed by atoms with Gasteiger partial charge in [0.15, 0.2) is 5.82 Å². The highest BCUT2D eigenvalue weighted by molar-refractivity contribution is 6.06. The van der Waals surface area contributed by atoms with Crippen molar-refractivity contribution < 1.29 is 9.53 Å². The van der Waals surface area contributed by atoms with Crippen molar-refractivity contribution in [1.82, 2.24) is 25.2 Å². The Hall–Kier alpha value is -3.14. The number of hydrogen-bond donors (Lipinski definition) is 3. The van der Waals surface area contributed by atoms with Gasteiger partial charge in [0, 0.05) is 25.2 Å². The fourth-order valence-electron chi connectivity index (χ4n) is 3.99. The highest BCUT2D eigenvalue weighted by Gasteiger charge is 2.15. The van der Waals surface area contributed by atoms with E-state index >= 15 is 0 Å². The quantitative estimate of drug-likeness (QED) is 0.520. The van der Waals surface area contributed by atoms with Crippen LogP contribution in [0.2, 0.25) is 0 Å². The maximum Gasteiger partial charge on any atom is 0.251 e. The first-order chi connectivity index (χ1) is 17.1. The summed E-state index contributed by atoms with van der Waals surface area (Å²) in [7, 11) is 0. The van der Waals surface area contributed by atoms with Crippen LogP contribution in [0.25, 0.3) is 22.3 Å². The molecule has 0 aliphatic carbocycles.